The van der Waals surface area contributed by atoms with Gasteiger partial charge < -0.3 is 5.32 Å². The first-order valence-electron chi connectivity index (χ1n) is 12.0. The van der Waals surface area contributed by atoms with Crippen LogP contribution in [0.15, 0.2) is 24.3 Å². The van der Waals surface area contributed by atoms with Crippen molar-refractivity contribution in [3.8, 4) is 0 Å². The second kappa shape index (κ2) is 8.32. The van der Waals surface area contributed by atoms with Crippen LogP contribution in [-0.2, 0) is 0 Å². The fourth-order valence-electron chi connectivity index (χ4n) is 6.26. The highest BCUT2D eigenvalue weighted by Gasteiger charge is 2.49. The molecule has 3 nitrogen and oxygen atoms in total. The van der Waals surface area contributed by atoms with Gasteiger partial charge in [0.2, 0.25) is 0 Å². The van der Waals surface area contributed by atoms with E-state index in [0.29, 0.717) is 22.8 Å². The van der Waals surface area contributed by atoms with Crippen LogP contribution in [0.4, 0.5) is 0 Å². The third kappa shape index (κ3) is 4.73. The molecule has 3 fully saturated rings. The van der Waals surface area contributed by atoms with Crippen molar-refractivity contribution in [1.29, 1.82) is 0 Å². The number of benzene rings is 1. The zero-order chi connectivity index (χ0) is 20.6. The minimum absolute atomic E-state index is 0.361. The Bertz CT molecular complexity index is 675. The highest BCUT2D eigenvalue weighted by Crippen LogP contribution is 2.52. The highest BCUT2D eigenvalue weighted by atomic mass is 15.3. The summed E-state index contributed by atoms with van der Waals surface area (Å²) in [6.45, 7) is 19.1. The second-order valence-corrected chi connectivity index (χ2v) is 11.6. The molecule has 2 saturated heterocycles. The normalized spacial score (nSPS) is 26.8. The lowest BCUT2D eigenvalue weighted by atomic mass is 9.60. The van der Waals surface area contributed by atoms with Gasteiger partial charge in [-0.15, -0.1) is 0 Å². The lowest BCUT2D eigenvalue weighted by Gasteiger charge is -2.57. The summed E-state index contributed by atoms with van der Waals surface area (Å²) in [7, 11) is 0. The van der Waals surface area contributed by atoms with Crippen LogP contribution in [0.1, 0.15) is 83.4 Å². The molecule has 162 valence electrons. The Morgan fingerprint density at radius 2 is 1.76 bits per heavy atom. The molecule has 1 aliphatic carbocycles. The van der Waals surface area contributed by atoms with Crippen molar-refractivity contribution in [2.75, 3.05) is 39.3 Å². The molecule has 3 heteroatoms. The van der Waals surface area contributed by atoms with Gasteiger partial charge in [-0.1, -0.05) is 58.9 Å². The van der Waals surface area contributed by atoms with Crippen molar-refractivity contribution in [3.05, 3.63) is 35.4 Å². The number of rotatable bonds is 4. The molecular weight excluding hydrogens is 354 g/mol. The minimum Gasteiger partial charge on any atom is -0.317 e. The van der Waals surface area contributed by atoms with Gasteiger partial charge in [-0.2, -0.15) is 0 Å². The van der Waals surface area contributed by atoms with Crippen LogP contribution in [0, 0.1) is 10.8 Å². The largest absolute Gasteiger partial charge is 0.317 e. The first kappa shape index (κ1) is 21.3. The van der Waals surface area contributed by atoms with E-state index in [-0.39, 0.29) is 0 Å². The molecule has 1 saturated carbocycles. The van der Waals surface area contributed by atoms with E-state index in [1.807, 2.05) is 0 Å². The zero-order valence-corrected chi connectivity index (χ0v) is 19.5. The van der Waals surface area contributed by atoms with Gasteiger partial charge in [-0.05, 0) is 66.6 Å². The first-order valence-corrected chi connectivity index (χ1v) is 12.0. The van der Waals surface area contributed by atoms with Crippen LogP contribution < -0.4 is 5.32 Å². The summed E-state index contributed by atoms with van der Waals surface area (Å²) in [6.07, 6.45) is 5.63. The highest BCUT2D eigenvalue weighted by molar-refractivity contribution is 5.33. The second-order valence-electron chi connectivity index (χ2n) is 11.6. The predicted molar refractivity (Wildman–Crippen MR) is 123 cm³/mol. The maximum Gasteiger partial charge on any atom is 0.0481 e. The lowest BCUT2D eigenvalue weighted by Crippen LogP contribution is -2.60. The number of nitrogens with zero attached hydrogens (tertiary/aromatic N) is 2. The van der Waals surface area contributed by atoms with Gasteiger partial charge in [0.1, 0.15) is 0 Å². The monoisotopic (exact) mass is 397 g/mol. The van der Waals surface area contributed by atoms with Crippen LogP contribution in [0.3, 0.4) is 0 Å². The molecule has 1 spiro atoms. The average Bonchev–Trinajstić information content (AvgIpc) is 2.65. The Morgan fingerprint density at radius 3 is 2.41 bits per heavy atom. The van der Waals surface area contributed by atoms with E-state index in [4.69, 9.17) is 0 Å². The van der Waals surface area contributed by atoms with Gasteiger partial charge in [0.25, 0.3) is 0 Å². The van der Waals surface area contributed by atoms with Crippen LogP contribution >= 0.6 is 0 Å². The van der Waals surface area contributed by atoms with Crippen molar-refractivity contribution in [1.82, 2.24) is 15.1 Å². The zero-order valence-electron chi connectivity index (χ0n) is 19.5. The Kier molecular flexibility index (Phi) is 6.12. The fourth-order valence-corrected chi connectivity index (χ4v) is 6.26. The molecule has 3 aliphatic rings. The van der Waals surface area contributed by atoms with Crippen molar-refractivity contribution < 1.29 is 0 Å². The fraction of sp³-hybridized carbons (Fsp3) is 0.769. The van der Waals surface area contributed by atoms with Crippen LogP contribution in [0.25, 0.3) is 0 Å². The Hall–Kier alpha value is -0.900. The standard InChI is InChI=1S/C26H43N3/c1-20(2)22-8-6-7-9-23(22)24-18-28(19-25(3,4)5)14-15-29(24)21-16-26(17-21)10-12-27-13-11-26/h6-9,20-21,24,27H,10-19H2,1-5H3. The Morgan fingerprint density at radius 1 is 1.07 bits per heavy atom. The smallest absolute Gasteiger partial charge is 0.0481 e. The SMILES string of the molecule is CC(C)c1ccccc1C1CN(CC(C)(C)C)CCN1C1CC2(CCNCC2)C1. The molecule has 0 amide bonds. The summed E-state index contributed by atoms with van der Waals surface area (Å²) >= 11 is 0. The van der Waals surface area contributed by atoms with Gasteiger partial charge in [0.15, 0.2) is 0 Å². The summed E-state index contributed by atoms with van der Waals surface area (Å²) in [5.74, 6) is 0.586. The molecule has 2 heterocycles. The number of piperidine rings is 1. The van der Waals surface area contributed by atoms with Crippen LogP contribution in [0.2, 0.25) is 0 Å². The van der Waals surface area contributed by atoms with Gasteiger partial charge in [-0.3, -0.25) is 9.80 Å². The molecule has 1 aromatic rings. The van der Waals surface area contributed by atoms with E-state index in [2.05, 4.69) is 74.0 Å². The minimum atomic E-state index is 0.361. The first-order chi connectivity index (χ1) is 13.8. The number of hydrogen-bond donors (Lipinski definition) is 1. The molecule has 0 aromatic heterocycles. The van der Waals surface area contributed by atoms with E-state index >= 15 is 0 Å². The molecule has 1 atom stereocenters. The van der Waals surface area contributed by atoms with E-state index in [0.717, 1.165) is 6.04 Å². The number of nitrogens with one attached hydrogen (secondary N) is 1. The van der Waals surface area contributed by atoms with Crippen molar-refractivity contribution in [2.45, 2.75) is 78.3 Å². The number of hydrogen-bond acceptors (Lipinski definition) is 3. The average molecular weight is 398 g/mol. The maximum atomic E-state index is 3.56. The lowest BCUT2D eigenvalue weighted by molar-refractivity contribution is -0.0670. The van der Waals surface area contributed by atoms with Gasteiger partial charge in [0.05, 0.1) is 0 Å². The van der Waals surface area contributed by atoms with E-state index < -0.39 is 0 Å². The molecule has 1 N–H and O–H groups in total. The summed E-state index contributed by atoms with van der Waals surface area (Å²) in [6, 6.07) is 10.6. The van der Waals surface area contributed by atoms with Crippen LogP contribution in [0.5, 0.6) is 0 Å². The quantitative estimate of drug-likeness (QED) is 0.767. The molecule has 29 heavy (non-hydrogen) atoms. The molecule has 0 bridgehead atoms. The van der Waals surface area contributed by atoms with Gasteiger partial charge in [0, 0.05) is 38.3 Å². The van der Waals surface area contributed by atoms with Crippen LogP contribution in [-0.4, -0.2) is 55.1 Å². The Labute approximate surface area is 179 Å². The molecule has 1 aromatic carbocycles. The third-order valence-corrected chi connectivity index (χ3v) is 7.65. The summed E-state index contributed by atoms with van der Waals surface area (Å²) in [4.78, 5) is 5.64. The van der Waals surface area contributed by atoms with Gasteiger partial charge >= 0.3 is 0 Å². The van der Waals surface area contributed by atoms with Crippen molar-refractivity contribution in [3.63, 3.8) is 0 Å². The van der Waals surface area contributed by atoms with E-state index in [9.17, 15) is 0 Å². The predicted octanol–water partition coefficient (Wildman–Crippen LogP) is 5.05. The molecular formula is C26H43N3. The van der Waals surface area contributed by atoms with Crippen molar-refractivity contribution >= 4 is 0 Å². The van der Waals surface area contributed by atoms with E-state index in [1.54, 1.807) is 11.1 Å². The maximum absolute atomic E-state index is 3.56. The molecule has 2 aliphatic heterocycles. The third-order valence-electron chi connectivity index (χ3n) is 7.65. The molecule has 0 radical (unpaired) electrons. The topological polar surface area (TPSA) is 18.5 Å². The summed E-state index contributed by atoms with van der Waals surface area (Å²) in [5.41, 5.74) is 4.16. The molecule has 4 rings (SSSR count). The number of piperazine rings is 1. The Balaban J connectivity index is 1.55. The molecule has 1 unspecified atom stereocenters. The van der Waals surface area contributed by atoms with Crippen molar-refractivity contribution in [2.24, 2.45) is 10.8 Å². The summed E-state index contributed by atoms with van der Waals surface area (Å²) < 4.78 is 0. The van der Waals surface area contributed by atoms with E-state index in [1.165, 1.54) is 65.0 Å². The van der Waals surface area contributed by atoms with Gasteiger partial charge in [-0.25, -0.2) is 0 Å². The summed E-state index contributed by atoms with van der Waals surface area (Å²) in [5, 5.41) is 3.56.